The molecule has 0 saturated carbocycles. The van der Waals surface area contributed by atoms with E-state index in [1.165, 1.54) is 17.4 Å². The molecule has 27 heavy (non-hydrogen) atoms. The van der Waals surface area contributed by atoms with E-state index in [1.807, 2.05) is 18.2 Å². The molecule has 0 heterocycles. The van der Waals surface area contributed by atoms with Gasteiger partial charge in [0.1, 0.15) is 0 Å². The number of sulfone groups is 1. The van der Waals surface area contributed by atoms with Crippen LogP contribution in [-0.4, -0.2) is 27.2 Å². The maximum absolute atomic E-state index is 12.1. The van der Waals surface area contributed by atoms with Crippen LogP contribution in [0.5, 0.6) is 0 Å². The van der Waals surface area contributed by atoms with Gasteiger partial charge in [-0.05, 0) is 23.6 Å². The summed E-state index contributed by atoms with van der Waals surface area (Å²) in [4.78, 5) is 12.1. The van der Waals surface area contributed by atoms with E-state index in [4.69, 9.17) is 0 Å². The summed E-state index contributed by atoms with van der Waals surface area (Å²) < 4.78 is 22.6. The Balaban J connectivity index is 1.84. The van der Waals surface area contributed by atoms with E-state index < -0.39 is 9.84 Å². The van der Waals surface area contributed by atoms with E-state index in [0.717, 1.165) is 11.1 Å². The number of benzene rings is 2. The van der Waals surface area contributed by atoms with Crippen LogP contribution in [0.3, 0.4) is 0 Å². The molecule has 0 saturated heterocycles. The Morgan fingerprint density at radius 2 is 1.63 bits per heavy atom. The predicted molar refractivity (Wildman–Crippen MR) is 109 cm³/mol. The van der Waals surface area contributed by atoms with Gasteiger partial charge in [0.25, 0.3) is 0 Å². The van der Waals surface area contributed by atoms with Gasteiger partial charge in [-0.15, -0.1) is 0 Å². The molecule has 6 heteroatoms. The fourth-order valence-electron chi connectivity index (χ4n) is 2.77. The summed E-state index contributed by atoms with van der Waals surface area (Å²) in [7, 11) is -3.04. The molecular weight excluding hydrogens is 360 g/mol. The fourth-order valence-corrected chi connectivity index (χ4v) is 3.57. The van der Waals surface area contributed by atoms with Crippen molar-refractivity contribution in [3.8, 4) is 0 Å². The van der Waals surface area contributed by atoms with E-state index in [-0.39, 0.29) is 17.2 Å². The Kier molecular flexibility index (Phi) is 6.65. The monoisotopic (exact) mass is 388 g/mol. The highest BCUT2D eigenvalue weighted by molar-refractivity contribution is 7.89. The number of hydrogen-bond acceptors (Lipinski definition) is 3. The van der Waals surface area contributed by atoms with E-state index in [0.29, 0.717) is 13.1 Å². The molecule has 2 aromatic rings. The summed E-state index contributed by atoms with van der Waals surface area (Å²) in [6.45, 7) is 7.16. The van der Waals surface area contributed by atoms with Crippen LogP contribution in [0.1, 0.15) is 36.1 Å². The first-order valence-corrected chi connectivity index (χ1v) is 11.0. The smallest absolute Gasteiger partial charge is 0.315 e. The van der Waals surface area contributed by atoms with Gasteiger partial charge in [0.15, 0.2) is 9.84 Å². The first kappa shape index (κ1) is 21.0. The molecule has 0 aliphatic heterocycles. The van der Waals surface area contributed by atoms with Crippen molar-refractivity contribution in [1.29, 1.82) is 0 Å². The van der Waals surface area contributed by atoms with Crippen LogP contribution in [0.25, 0.3) is 0 Å². The Morgan fingerprint density at radius 3 is 2.22 bits per heavy atom. The van der Waals surface area contributed by atoms with Crippen LogP contribution >= 0.6 is 0 Å². The lowest BCUT2D eigenvalue weighted by atomic mass is 9.84. The highest BCUT2D eigenvalue weighted by Gasteiger charge is 2.21. The Labute approximate surface area is 162 Å². The Bertz CT molecular complexity index is 888. The molecule has 2 rings (SSSR count). The lowest BCUT2D eigenvalue weighted by Crippen LogP contribution is -2.42. The summed E-state index contributed by atoms with van der Waals surface area (Å²) in [6, 6.07) is 15.3. The Hall–Kier alpha value is -2.34. The standard InChI is InChI=1S/C21H28N2O3S/c1-16-6-5-7-19(12-16)21(2,3)15-23-20(24)22-13-17-8-10-18(11-9-17)14-27(4,25)26/h5-12H,13-15H2,1-4H3,(H2,22,23,24). The molecule has 0 aliphatic rings. The first-order chi connectivity index (χ1) is 12.5. The van der Waals surface area contributed by atoms with Crippen molar-refractivity contribution in [3.63, 3.8) is 0 Å². The van der Waals surface area contributed by atoms with Gasteiger partial charge in [-0.2, -0.15) is 0 Å². The molecule has 0 aromatic heterocycles. The molecule has 146 valence electrons. The molecule has 0 aliphatic carbocycles. The lowest BCUT2D eigenvalue weighted by Gasteiger charge is -2.26. The van der Waals surface area contributed by atoms with Gasteiger partial charge in [0.2, 0.25) is 0 Å². The number of urea groups is 1. The molecule has 0 spiro atoms. The molecule has 2 N–H and O–H groups in total. The van der Waals surface area contributed by atoms with Gasteiger partial charge >= 0.3 is 6.03 Å². The van der Waals surface area contributed by atoms with Crippen molar-refractivity contribution < 1.29 is 13.2 Å². The van der Waals surface area contributed by atoms with E-state index in [1.54, 1.807) is 12.1 Å². The first-order valence-electron chi connectivity index (χ1n) is 8.89. The quantitative estimate of drug-likeness (QED) is 0.764. The molecule has 0 atom stereocenters. The van der Waals surface area contributed by atoms with Crippen molar-refractivity contribution in [1.82, 2.24) is 10.6 Å². The van der Waals surface area contributed by atoms with Gasteiger partial charge in [-0.1, -0.05) is 67.9 Å². The summed E-state index contributed by atoms with van der Waals surface area (Å²) >= 11 is 0. The highest BCUT2D eigenvalue weighted by Crippen LogP contribution is 2.22. The largest absolute Gasteiger partial charge is 0.337 e. The van der Waals surface area contributed by atoms with Crippen molar-refractivity contribution in [2.24, 2.45) is 0 Å². The minimum absolute atomic E-state index is 0.0231. The lowest BCUT2D eigenvalue weighted by molar-refractivity contribution is 0.238. The number of aryl methyl sites for hydroxylation is 1. The zero-order valence-electron chi connectivity index (χ0n) is 16.4. The third-order valence-electron chi connectivity index (χ3n) is 4.40. The second kappa shape index (κ2) is 8.57. The van der Waals surface area contributed by atoms with Gasteiger partial charge < -0.3 is 10.6 Å². The normalized spacial score (nSPS) is 11.9. The van der Waals surface area contributed by atoms with E-state index in [2.05, 4.69) is 49.6 Å². The summed E-state index contributed by atoms with van der Waals surface area (Å²) in [5.74, 6) is 0.0231. The predicted octanol–water partition coefficient (Wildman–Crippen LogP) is 3.32. The average Bonchev–Trinajstić information content (AvgIpc) is 2.58. The van der Waals surface area contributed by atoms with Crippen LogP contribution in [0.4, 0.5) is 4.79 Å². The molecule has 2 amide bonds. The minimum atomic E-state index is -3.04. The fraction of sp³-hybridized carbons (Fsp3) is 0.381. The van der Waals surface area contributed by atoms with Crippen LogP contribution in [0.2, 0.25) is 0 Å². The summed E-state index contributed by atoms with van der Waals surface area (Å²) in [5, 5.41) is 5.76. The van der Waals surface area contributed by atoms with Gasteiger partial charge in [-0.25, -0.2) is 13.2 Å². The van der Waals surface area contributed by atoms with Crippen LogP contribution < -0.4 is 10.6 Å². The molecule has 0 unspecified atom stereocenters. The zero-order chi connectivity index (χ0) is 20.1. The van der Waals surface area contributed by atoms with Gasteiger partial charge in [0.05, 0.1) is 5.75 Å². The number of hydrogen-bond donors (Lipinski definition) is 2. The van der Waals surface area contributed by atoms with Crippen LogP contribution in [-0.2, 0) is 27.5 Å². The van der Waals surface area contributed by atoms with E-state index in [9.17, 15) is 13.2 Å². The topological polar surface area (TPSA) is 75.3 Å². The molecule has 0 bridgehead atoms. The van der Waals surface area contributed by atoms with Crippen molar-refractivity contribution in [3.05, 3.63) is 70.8 Å². The zero-order valence-corrected chi connectivity index (χ0v) is 17.2. The third kappa shape index (κ3) is 7.06. The Morgan fingerprint density at radius 1 is 1.00 bits per heavy atom. The van der Waals surface area contributed by atoms with Gasteiger partial charge in [-0.3, -0.25) is 0 Å². The molecule has 0 radical (unpaired) electrons. The summed E-state index contributed by atoms with van der Waals surface area (Å²) in [6.07, 6.45) is 1.21. The molecule has 0 fully saturated rings. The molecule has 5 nitrogen and oxygen atoms in total. The van der Waals surface area contributed by atoms with Crippen molar-refractivity contribution in [2.75, 3.05) is 12.8 Å². The second-order valence-electron chi connectivity index (χ2n) is 7.68. The minimum Gasteiger partial charge on any atom is -0.337 e. The number of amides is 2. The van der Waals surface area contributed by atoms with Gasteiger partial charge in [0, 0.05) is 24.8 Å². The third-order valence-corrected chi connectivity index (χ3v) is 5.25. The maximum atomic E-state index is 12.1. The van der Waals surface area contributed by atoms with E-state index >= 15 is 0 Å². The SMILES string of the molecule is Cc1cccc(C(C)(C)CNC(=O)NCc2ccc(CS(C)(=O)=O)cc2)c1. The molecule has 2 aromatic carbocycles. The molecular formula is C21H28N2O3S. The maximum Gasteiger partial charge on any atom is 0.315 e. The highest BCUT2D eigenvalue weighted by atomic mass is 32.2. The second-order valence-corrected chi connectivity index (χ2v) is 9.82. The van der Waals surface area contributed by atoms with Crippen LogP contribution in [0.15, 0.2) is 48.5 Å². The van der Waals surface area contributed by atoms with Crippen LogP contribution in [0, 0.1) is 6.92 Å². The van der Waals surface area contributed by atoms with Crippen molar-refractivity contribution >= 4 is 15.9 Å². The average molecular weight is 389 g/mol. The number of carbonyl (C=O) groups is 1. The number of nitrogens with one attached hydrogen (secondary N) is 2. The summed E-state index contributed by atoms with van der Waals surface area (Å²) in [5.41, 5.74) is 3.87. The number of carbonyl (C=O) groups excluding carboxylic acids is 1. The van der Waals surface area contributed by atoms with Crippen molar-refractivity contribution in [2.45, 2.75) is 38.5 Å². The number of rotatable bonds is 7.